The molecule has 2 heterocycles. The van der Waals surface area contributed by atoms with Gasteiger partial charge in [0.1, 0.15) is 17.5 Å². The van der Waals surface area contributed by atoms with Crippen LogP contribution in [0.5, 0.6) is 0 Å². The van der Waals surface area contributed by atoms with Gasteiger partial charge in [0.05, 0.1) is 5.69 Å². The molecule has 2 aromatic carbocycles. The first-order valence-electron chi connectivity index (χ1n) is 9.67. The Kier molecular flexibility index (Phi) is 6.03. The topological polar surface area (TPSA) is 62.3 Å². The summed E-state index contributed by atoms with van der Waals surface area (Å²) in [7, 11) is 0. The van der Waals surface area contributed by atoms with Crippen molar-refractivity contribution < 1.29 is 22.8 Å². The van der Waals surface area contributed by atoms with Crippen molar-refractivity contribution in [3.63, 3.8) is 0 Å². The van der Waals surface area contributed by atoms with E-state index in [1.165, 1.54) is 24.3 Å². The molecular weight excluding hydrogens is 427 g/mol. The number of halogens is 3. The number of nitrogens with zero attached hydrogens (tertiary/aromatic N) is 2. The third-order valence-corrected chi connectivity index (χ3v) is 5.94. The van der Waals surface area contributed by atoms with Crippen molar-refractivity contribution in [3.05, 3.63) is 70.9 Å². The van der Waals surface area contributed by atoms with Crippen molar-refractivity contribution in [2.75, 3.05) is 18.4 Å². The third kappa shape index (κ3) is 4.77. The molecule has 1 aliphatic rings. The summed E-state index contributed by atoms with van der Waals surface area (Å²) in [4.78, 5) is 30.9. The summed E-state index contributed by atoms with van der Waals surface area (Å²) in [6.45, 7) is 0.817. The van der Waals surface area contributed by atoms with Gasteiger partial charge in [0.15, 0.2) is 5.13 Å². The van der Waals surface area contributed by atoms with Gasteiger partial charge in [0.25, 0.3) is 5.91 Å². The number of carbonyl (C=O) groups is 2. The van der Waals surface area contributed by atoms with Gasteiger partial charge in [-0.15, -0.1) is 11.3 Å². The first-order chi connectivity index (χ1) is 14.9. The molecule has 3 aromatic rings. The Morgan fingerprint density at radius 3 is 2.39 bits per heavy atom. The maximum Gasteiger partial charge on any atom is 0.253 e. The molecule has 0 bridgehead atoms. The van der Waals surface area contributed by atoms with Gasteiger partial charge in [-0.1, -0.05) is 0 Å². The maximum absolute atomic E-state index is 13.9. The largest absolute Gasteiger partial charge is 0.339 e. The lowest BCUT2D eigenvalue weighted by atomic mass is 9.95. The van der Waals surface area contributed by atoms with Crippen LogP contribution in [0.4, 0.5) is 18.3 Å². The highest BCUT2D eigenvalue weighted by atomic mass is 32.1. The van der Waals surface area contributed by atoms with E-state index in [4.69, 9.17) is 0 Å². The van der Waals surface area contributed by atoms with Crippen LogP contribution in [0.25, 0.3) is 11.3 Å². The quantitative estimate of drug-likeness (QED) is 0.632. The van der Waals surface area contributed by atoms with Crippen molar-refractivity contribution in [1.29, 1.82) is 0 Å². The summed E-state index contributed by atoms with van der Waals surface area (Å²) in [5, 5.41) is 4.58. The molecule has 0 aliphatic carbocycles. The Hall–Kier alpha value is -3.20. The van der Waals surface area contributed by atoms with E-state index in [0.29, 0.717) is 36.6 Å². The molecule has 1 aromatic heterocycles. The predicted molar refractivity (Wildman–Crippen MR) is 111 cm³/mol. The van der Waals surface area contributed by atoms with Crippen molar-refractivity contribution in [3.8, 4) is 11.3 Å². The minimum atomic E-state index is -0.595. The van der Waals surface area contributed by atoms with Crippen LogP contribution in [0.1, 0.15) is 23.2 Å². The molecule has 0 atom stereocenters. The Balaban J connectivity index is 1.34. The third-order valence-electron chi connectivity index (χ3n) is 5.18. The highest BCUT2D eigenvalue weighted by Crippen LogP contribution is 2.28. The molecule has 0 saturated carbocycles. The Morgan fingerprint density at radius 1 is 1.00 bits per heavy atom. The molecule has 160 valence electrons. The van der Waals surface area contributed by atoms with Crippen molar-refractivity contribution in [2.45, 2.75) is 12.8 Å². The number of thiazole rings is 1. The number of benzene rings is 2. The highest BCUT2D eigenvalue weighted by molar-refractivity contribution is 7.14. The molecule has 31 heavy (non-hydrogen) atoms. The van der Waals surface area contributed by atoms with Crippen LogP contribution in [0, 0.1) is 23.4 Å². The van der Waals surface area contributed by atoms with Gasteiger partial charge in [-0.25, -0.2) is 18.2 Å². The molecule has 1 saturated heterocycles. The molecule has 9 heteroatoms. The molecule has 4 rings (SSSR count). The number of anilines is 1. The van der Waals surface area contributed by atoms with Crippen LogP contribution in [0.2, 0.25) is 0 Å². The Morgan fingerprint density at radius 2 is 1.68 bits per heavy atom. The second-order valence-electron chi connectivity index (χ2n) is 7.22. The minimum Gasteiger partial charge on any atom is -0.339 e. The van der Waals surface area contributed by atoms with E-state index < -0.39 is 17.5 Å². The molecule has 1 aliphatic heterocycles. The van der Waals surface area contributed by atoms with E-state index in [0.717, 1.165) is 29.5 Å². The first kappa shape index (κ1) is 21.0. The van der Waals surface area contributed by atoms with E-state index in [1.54, 1.807) is 10.3 Å². The van der Waals surface area contributed by atoms with Gasteiger partial charge in [-0.3, -0.25) is 9.59 Å². The van der Waals surface area contributed by atoms with E-state index >= 15 is 0 Å². The second-order valence-corrected chi connectivity index (χ2v) is 8.08. The second kappa shape index (κ2) is 8.89. The summed E-state index contributed by atoms with van der Waals surface area (Å²) in [5.74, 6) is -2.29. The maximum atomic E-state index is 13.9. The summed E-state index contributed by atoms with van der Waals surface area (Å²) in [5.41, 5.74) is 0.686. The van der Waals surface area contributed by atoms with Crippen molar-refractivity contribution >= 4 is 28.3 Å². The van der Waals surface area contributed by atoms with Crippen LogP contribution in [-0.4, -0.2) is 34.8 Å². The average Bonchev–Trinajstić information content (AvgIpc) is 3.23. The van der Waals surface area contributed by atoms with Crippen LogP contribution >= 0.6 is 11.3 Å². The van der Waals surface area contributed by atoms with Gasteiger partial charge in [-0.2, -0.15) is 0 Å². The summed E-state index contributed by atoms with van der Waals surface area (Å²) in [6.07, 6.45) is 0.963. The number of carbonyl (C=O) groups excluding carboxylic acids is 2. The first-order valence-corrected chi connectivity index (χ1v) is 10.6. The zero-order chi connectivity index (χ0) is 22.0. The van der Waals surface area contributed by atoms with E-state index in [1.807, 2.05) is 0 Å². The number of aromatic nitrogens is 1. The normalized spacial score (nSPS) is 14.5. The van der Waals surface area contributed by atoms with Gasteiger partial charge in [0.2, 0.25) is 5.91 Å². The number of nitrogens with one attached hydrogen (secondary N) is 1. The number of hydrogen-bond acceptors (Lipinski definition) is 4. The number of likely N-dealkylation sites (tertiary alicyclic amines) is 1. The lowest BCUT2D eigenvalue weighted by Gasteiger charge is -2.31. The van der Waals surface area contributed by atoms with Gasteiger partial charge in [-0.05, 0) is 55.3 Å². The average molecular weight is 445 g/mol. The number of amides is 2. The van der Waals surface area contributed by atoms with Gasteiger partial charge >= 0.3 is 0 Å². The van der Waals surface area contributed by atoms with Gasteiger partial charge < -0.3 is 10.2 Å². The Bertz CT molecular complexity index is 1110. The minimum absolute atomic E-state index is 0.0318. The van der Waals surface area contributed by atoms with Gasteiger partial charge in [0, 0.05) is 35.5 Å². The molecule has 1 fully saturated rings. The van der Waals surface area contributed by atoms with Crippen LogP contribution in [0.15, 0.2) is 47.8 Å². The SMILES string of the molecule is O=C(Nc1nc(-c2cc(F)ccc2F)cs1)C1CCN(C(=O)c2ccc(F)cc2)CC1. The molecule has 1 N–H and O–H groups in total. The number of hydrogen-bond donors (Lipinski definition) is 1. The zero-order valence-electron chi connectivity index (χ0n) is 16.3. The summed E-state index contributed by atoms with van der Waals surface area (Å²) >= 11 is 1.13. The molecular formula is C22H18F3N3O2S. The zero-order valence-corrected chi connectivity index (χ0v) is 17.1. The number of piperidine rings is 1. The lowest BCUT2D eigenvalue weighted by Crippen LogP contribution is -2.41. The Labute approximate surface area is 180 Å². The summed E-state index contributed by atoms with van der Waals surface area (Å²) < 4.78 is 40.4. The fourth-order valence-corrected chi connectivity index (χ4v) is 4.19. The smallest absolute Gasteiger partial charge is 0.253 e. The molecule has 0 radical (unpaired) electrons. The van der Waals surface area contributed by atoms with E-state index in [2.05, 4.69) is 10.3 Å². The number of rotatable bonds is 4. The lowest BCUT2D eigenvalue weighted by molar-refractivity contribution is -0.121. The fourth-order valence-electron chi connectivity index (χ4n) is 3.48. The molecule has 0 spiro atoms. The summed E-state index contributed by atoms with van der Waals surface area (Å²) in [6, 6.07) is 8.49. The molecule has 5 nitrogen and oxygen atoms in total. The van der Waals surface area contributed by atoms with Crippen LogP contribution in [-0.2, 0) is 4.79 Å². The predicted octanol–water partition coefficient (Wildman–Crippen LogP) is 4.72. The van der Waals surface area contributed by atoms with Crippen molar-refractivity contribution in [1.82, 2.24) is 9.88 Å². The van der Waals surface area contributed by atoms with Crippen molar-refractivity contribution in [2.24, 2.45) is 5.92 Å². The molecule has 2 amide bonds. The van der Waals surface area contributed by atoms with E-state index in [-0.39, 0.29) is 29.0 Å². The van der Waals surface area contributed by atoms with E-state index in [9.17, 15) is 22.8 Å². The highest BCUT2D eigenvalue weighted by Gasteiger charge is 2.28. The molecule has 0 unspecified atom stereocenters. The standard InChI is InChI=1S/C22H18F3N3O2S/c23-15-3-1-14(2-4-15)21(30)28-9-7-13(8-10-28)20(29)27-22-26-19(12-31-22)17-11-16(24)5-6-18(17)25/h1-6,11-13H,7-10H2,(H,26,27,29). The fraction of sp³-hybridized carbons (Fsp3) is 0.227. The van der Waals surface area contributed by atoms with Crippen LogP contribution in [0.3, 0.4) is 0 Å². The monoisotopic (exact) mass is 445 g/mol. The van der Waals surface area contributed by atoms with Crippen LogP contribution < -0.4 is 5.32 Å².